The Morgan fingerprint density at radius 3 is 2.48 bits per heavy atom. The Hall–Kier alpha value is -1.88. The molecule has 0 aromatic heterocycles. The molecule has 0 bridgehead atoms. The largest absolute Gasteiger partial charge is 0.207 e. The highest BCUT2D eigenvalue weighted by Gasteiger charge is 2.18. The zero-order valence-corrected chi connectivity index (χ0v) is 13.8. The molecule has 1 aromatic rings. The van der Waals surface area contributed by atoms with E-state index in [1.807, 2.05) is 30.4 Å². The minimum absolute atomic E-state index is 0.150. The monoisotopic (exact) mass is 311 g/mol. The Balaban J connectivity index is 1.58. The van der Waals surface area contributed by atoms with E-state index < -0.39 is 0 Å². The van der Waals surface area contributed by atoms with Crippen molar-refractivity contribution in [2.75, 3.05) is 0 Å². The van der Waals surface area contributed by atoms with Gasteiger partial charge in [0.25, 0.3) is 0 Å². The lowest BCUT2D eigenvalue weighted by Gasteiger charge is -2.26. The van der Waals surface area contributed by atoms with Crippen LogP contribution in [0.25, 0.3) is 0 Å². The molecule has 1 nitrogen and oxygen atoms in total. The first-order valence-corrected chi connectivity index (χ1v) is 8.75. The van der Waals surface area contributed by atoms with E-state index in [4.69, 9.17) is 5.26 Å². The lowest BCUT2D eigenvalue weighted by Crippen LogP contribution is -2.13. The highest BCUT2D eigenvalue weighted by atomic mass is 19.1. The normalized spacial score (nSPS) is 21.7. The minimum Gasteiger partial charge on any atom is -0.207 e. The SMILES string of the molecule is N#C/C=C/C=C/[C@H]1CC[C@H](CCCCc2ccc(F)cc2)CC1. The maximum Gasteiger partial charge on any atom is 0.123 e. The summed E-state index contributed by atoms with van der Waals surface area (Å²) in [6.45, 7) is 0. The lowest BCUT2D eigenvalue weighted by atomic mass is 9.79. The van der Waals surface area contributed by atoms with Crippen molar-refractivity contribution in [2.45, 2.75) is 51.4 Å². The maximum atomic E-state index is 12.8. The number of nitrogens with zero attached hydrogens (tertiary/aromatic N) is 1. The average Bonchev–Trinajstić information content (AvgIpc) is 2.58. The number of allylic oxidation sites excluding steroid dienone is 4. The smallest absolute Gasteiger partial charge is 0.123 e. The molecule has 0 radical (unpaired) electrons. The zero-order chi connectivity index (χ0) is 16.3. The number of aryl methyl sites for hydroxylation is 1. The number of nitriles is 1. The summed E-state index contributed by atoms with van der Waals surface area (Å²) >= 11 is 0. The molecule has 2 rings (SSSR count). The molecule has 1 aliphatic rings. The number of unbranched alkanes of at least 4 members (excludes halogenated alkanes) is 1. The van der Waals surface area contributed by atoms with E-state index >= 15 is 0 Å². The summed E-state index contributed by atoms with van der Waals surface area (Å²) in [5.74, 6) is 1.42. The van der Waals surface area contributed by atoms with Gasteiger partial charge in [0, 0.05) is 6.08 Å². The van der Waals surface area contributed by atoms with Crippen LogP contribution in [0.15, 0.2) is 48.6 Å². The molecule has 0 aliphatic heterocycles. The first kappa shape index (κ1) is 17.5. The van der Waals surface area contributed by atoms with Crippen molar-refractivity contribution >= 4 is 0 Å². The molecule has 122 valence electrons. The van der Waals surface area contributed by atoms with Gasteiger partial charge in [-0.3, -0.25) is 0 Å². The van der Waals surface area contributed by atoms with Crippen LogP contribution >= 0.6 is 0 Å². The molecular formula is C21H26FN. The van der Waals surface area contributed by atoms with Crippen molar-refractivity contribution in [3.63, 3.8) is 0 Å². The van der Waals surface area contributed by atoms with Gasteiger partial charge in [0.1, 0.15) is 5.82 Å². The van der Waals surface area contributed by atoms with Crippen molar-refractivity contribution in [2.24, 2.45) is 11.8 Å². The van der Waals surface area contributed by atoms with Crippen molar-refractivity contribution in [3.05, 3.63) is 60.0 Å². The molecule has 1 aliphatic carbocycles. The Morgan fingerprint density at radius 2 is 1.78 bits per heavy atom. The molecule has 0 N–H and O–H groups in total. The molecule has 0 amide bonds. The molecule has 23 heavy (non-hydrogen) atoms. The van der Waals surface area contributed by atoms with Crippen molar-refractivity contribution < 1.29 is 4.39 Å². The maximum absolute atomic E-state index is 12.8. The molecule has 2 heteroatoms. The van der Waals surface area contributed by atoms with Crippen LogP contribution in [-0.4, -0.2) is 0 Å². The van der Waals surface area contributed by atoms with Crippen molar-refractivity contribution in [3.8, 4) is 6.07 Å². The van der Waals surface area contributed by atoms with Crippen LogP contribution in [-0.2, 0) is 6.42 Å². The quantitative estimate of drug-likeness (QED) is 0.345. The number of benzene rings is 1. The fourth-order valence-electron chi connectivity index (χ4n) is 3.40. The van der Waals surface area contributed by atoms with Crippen molar-refractivity contribution in [1.29, 1.82) is 5.26 Å². The van der Waals surface area contributed by atoms with Gasteiger partial charge in [0.2, 0.25) is 0 Å². The Kier molecular flexibility index (Phi) is 7.60. The topological polar surface area (TPSA) is 23.8 Å². The number of rotatable bonds is 7. The number of hydrogen-bond acceptors (Lipinski definition) is 1. The second-order valence-electron chi connectivity index (χ2n) is 6.53. The molecule has 1 aromatic carbocycles. The Labute approximate surface area is 139 Å². The summed E-state index contributed by atoms with van der Waals surface area (Å²) in [5.41, 5.74) is 1.24. The summed E-state index contributed by atoms with van der Waals surface area (Å²) in [7, 11) is 0. The zero-order valence-electron chi connectivity index (χ0n) is 13.8. The van der Waals surface area contributed by atoms with Gasteiger partial charge in [-0.05, 0) is 68.1 Å². The van der Waals surface area contributed by atoms with Crippen LogP contribution in [0.5, 0.6) is 0 Å². The van der Waals surface area contributed by atoms with Gasteiger partial charge in [-0.2, -0.15) is 5.26 Å². The third-order valence-electron chi connectivity index (χ3n) is 4.80. The highest BCUT2D eigenvalue weighted by molar-refractivity contribution is 5.16. The van der Waals surface area contributed by atoms with Gasteiger partial charge in [-0.25, -0.2) is 4.39 Å². The molecule has 0 atom stereocenters. The van der Waals surface area contributed by atoms with Crippen LogP contribution in [0.3, 0.4) is 0 Å². The summed E-state index contributed by atoms with van der Waals surface area (Å²) < 4.78 is 12.8. The van der Waals surface area contributed by atoms with Gasteiger partial charge in [0.05, 0.1) is 6.07 Å². The predicted octanol–water partition coefficient (Wildman–Crippen LogP) is 5.98. The molecule has 0 heterocycles. The van der Waals surface area contributed by atoms with Crippen molar-refractivity contribution in [1.82, 2.24) is 0 Å². The van der Waals surface area contributed by atoms with Crippen LogP contribution in [0.1, 0.15) is 50.5 Å². The van der Waals surface area contributed by atoms with Gasteiger partial charge in [-0.1, -0.05) is 43.2 Å². The van der Waals surface area contributed by atoms with E-state index in [0.29, 0.717) is 5.92 Å². The van der Waals surface area contributed by atoms with Gasteiger partial charge >= 0.3 is 0 Å². The molecule has 0 saturated heterocycles. The number of hydrogen-bond donors (Lipinski definition) is 0. The molecular weight excluding hydrogens is 285 g/mol. The van der Waals surface area contributed by atoms with E-state index in [2.05, 4.69) is 6.08 Å². The summed E-state index contributed by atoms with van der Waals surface area (Å²) in [4.78, 5) is 0. The standard InChI is InChI=1S/C21H26FN/c22-21-15-13-20(14-16-21)8-4-3-7-19-11-9-18(10-12-19)6-2-1-5-17-23/h1-2,5-6,13-16,18-19H,3-4,7-12H2/b5-1+,6-2+/t18-,19-. The van der Waals surface area contributed by atoms with Gasteiger partial charge < -0.3 is 0 Å². The van der Waals surface area contributed by atoms with E-state index in [-0.39, 0.29) is 5.82 Å². The summed E-state index contributed by atoms with van der Waals surface area (Å²) in [5, 5.41) is 8.44. The number of halogens is 1. The Bertz CT molecular complexity index is 542. The highest BCUT2D eigenvalue weighted by Crippen LogP contribution is 2.32. The second-order valence-corrected chi connectivity index (χ2v) is 6.53. The fourth-order valence-corrected chi connectivity index (χ4v) is 3.40. The van der Waals surface area contributed by atoms with Gasteiger partial charge in [-0.15, -0.1) is 0 Å². The first-order valence-electron chi connectivity index (χ1n) is 8.75. The fraction of sp³-hybridized carbons (Fsp3) is 0.476. The van der Waals surface area contributed by atoms with Crippen LogP contribution < -0.4 is 0 Å². The first-order chi connectivity index (χ1) is 11.3. The average molecular weight is 311 g/mol. The third-order valence-corrected chi connectivity index (χ3v) is 4.80. The Morgan fingerprint density at radius 1 is 1.04 bits per heavy atom. The molecule has 1 fully saturated rings. The summed E-state index contributed by atoms with van der Waals surface area (Å²) in [6, 6.07) is 8.90. The van der Waals surface area contributed by atoms with Crippen LogP contribution in [0.2, 0.25) is 0 Å². The van der Waals surface area contributed by atoms with E-state index in [0.717, 1.165) is 12.3 Å². The van der Waals surface area contributed by atoms with Gasteiger partial charge in [0.15, 0.2) is 0 Å². The molecule has 0 spiro atoms. The summed E-state index contributed by atoms with van der Waals surface area (Å²) in [6.07, 6.45) is 17.7. The molecule has 1 saturated carbocycles. The van der Waals surface area contributed by atoms with E-state index in [1.165, 1.54) is 56.6 Å². The van der Waals surface area contributed by atoms with Crippen LogP contribution in [0.4, 0.5) is 4.39 Å². The van der Waals surface area contributed by atoms with E-state index in [9.17, 15) is 4.39 Å². The molecule has 0 unspecified atom stereocenters. The van der Waals surface area contributed by atoms with E-state index in [1.54, 1.807) is 12.1 Å². The third kappa shape index (κ3) is 6.82. The van der Waals surface area contributed by atoms with Crippen LogP contribution in [0, 0.1) is 29.0 Å². The lowest BCUT2D eigenvalue weighted by molar-refractivity contribution is 0.289. The second kappa shape index (κ2) is 10.0. The predicted molar refractivity (Wildman–Crippen MR) is 93.3 cm³/mol. The minimum atomic E-state index is -0.150.